The Balaban J connectivity index is 0. The molecule has 1 atom stereocenters. The summed E-state index contributed by atoms with van der Waals surface area (Å²) in [5, 5.41) is 0. The average molecular weight is 429 g/mol. The first-order chi connectivity index (χ1) is 12.9. The van der Waals surface area contributed by atoms with E-state index in [4.69, 9.17) is 4.74 Å². The molecule has 0 radical (unpaired) electrons. The fourth-order valence-electron chi connectivity index (χ4n) is 3.18. The number of esters is 1. The molecule has 0 rings (SSSR count). The van der Waals surface area contributed by atoms with Crippen LogP contribution in [0.15, 0.2) is 0 Å². The second-order valence-electron chi connectivity index (χ2n) is 7.55. The molecule has 7 heteroatoms. The Morgan fingerprint density at radius 2 is 1.14 bits per heavy atom. The van der Waals surface area contributed by atoms with Crippen molar-refractivity contribution in [3.05, 3.63) is 0 Å². The molecule has 0 aliphatic rings. The molecule has 0 saturated heterocycles. The molecule has 0 amide bonds. The molecule has 5 nitrogen and oxygen atoms in total. The predicted octanol–water partition coefficient (Wildman–Crippen LogP) is 3.08. The number of rotatable bonds is 19. The summed E-state index contributed by atoms with van der Waals surface area (Å²) in [4.78, 5) is 11.4. The van der Waals surface area contributed by atoms with Gasteiger partial charge in [-0.3, -0.25) is 4.79 Å². The van der Waals surface area contributed by atoms with Crippen LogP contribution < -0.4 is 29.6 Å². The molecular formula is C21H41NaO5S. The third-order valence-electron chi connectivity index (χ3n) is 4.83. The van der Waals surface area contributed by atoms with Crippen molar-refractivity contribution < 1.29 is 52.1 Å². The number of hydrogen-bond donors (Lipinski definition) is 0. The molecule has 0 saturated carbocycles. The van der Waals surface area contributed by atoms with Crippen LogP contribution in [0.5, 0.6) is 0 Å². The standard InChI is InChI=1S/C21H42O5S.Na/c1-3-5-6-7-8-9-10-11-12-13-14-15-16-17-19-21(27(23,24)25)26-20(22)18-4-2;/h21H,3-19H2,1-2H3,(H,23,24,25);/q;+1/p-1. The molecule has 28 heavy (non-hydrogen) atoms. The van der Waals surface area contributed by atoms with E-state index in [1.807, 2.05) is 0 Å². The zero-order valence-electron chi connectivity index (χ0n) is 18.5. The van der Waals surface area contributed by atoms with Gasteiger partial charge in [-0.2, -0.15) is 0 Å². The van der Waals surface area contributed by atoms with Crippen LogP contribution in [0.25, 0.3) is 0 Å². The molecule has 0 aromatic heterocycles. The van der Waals surface area contributed by atoms with Crippen molar-refractivity contribution in [2.45, 2.75) is 128 Å². The molecule has 162 valence electrons. The van der Waals surface area contributed by atoms with Gasteiger partial charge in [-0.25, -0.2) is 8.42 Å². The summed E-state index contributed by atoms with van der Waals surface area (Å²) in [5.74, 6) is -0.604. The minimum Gasteiger partial charge on any atom is -0.745 e. The molecule has 0 N–H and O–H groups in total. The fraction of sp³-hybridized carbons (Fsp3) is 0.952. The Hall–Kier alpha value is 0.380. The summed E-state index contributed by atoms with van der Waals surface area (Å²) in [6.45, 7) is 4.04. The number of ether oxygens (including phenoxy) is 1. The first-order valence-electron chi connectivity index (χ1n) is 11.1. The van der Waals surface area contributed by atoms with Crippen molar-refractivity contribution in [3.63, 3.8) is 0 Å². The van der Waals surface area contributed by atoms with E-state index in [1.54, 1.807) is 6.92 Å². The van der Waals surface area contributed by atoms with Crippen LogP contribution in [-0.2, 0) is 19.6 Å². The predicted molar refractivity (Wildman–Crippen MR) is 109 cm³/mol. The maximum atomic E-state index is 11.4. The Kier molecular flexibility index (Phi) is 22.5. The second kappa shape index (κ2) is 20.6. The topological polar surface area (TPSA) is 83.5 Å². The van der Waals surface area contributed by atoms with E-state index in [1.165, 1.54) is 64.2 Å². The number of hydrogen-bond acceptors (Lipinski definition) is 5. The van der Waals surface area contributed by atoms with Crippen LogP contribution in [0.2, 0.25) is 0 Å². The van der Waals surface area contributed by atoms with E-state index in [9.17, 15) is 17.8 Å². The van der Waals surface area contributed by atoms with Crippen LogP contribution in [0, 0.1) is 0 Å². The Labute approximate surface area is 195 Å². The minimum absolute atomic E-state index is 0. The van der Waals surface area contributed by atoms with Gasteiger partial charge in [0.25, 0.3) is 0 Å². The van der Waals surface area contributed by atoms with Crippen molar-refractivity contribution in [1.82, 2.24) is 0 Å². The summed E-state index contributed by atoms with van der Waals surface area (Å²) >= 11 is 0. The molecule has 1 unspecified atom stereocenters. The van der Waals surface area contributed by atoms with Gasteiger partial charge in [0.15, 0.2) is 5.44 Å². The maximum absolute atomic E-state index is 11.4. The zero-order chi connectivity index (χ0) is 20.4. The largest absolute Gasteiger partial charge is 1.00 e. The Morgan fingerprint density at radius 3 is 1.50 bits per heavy atom. The summed E-state index contributed by atoms with van der Waals surface area (Å²) in [6, 6.07) is 0. The van der Waals surface area contributed by atoms with Crippen molar-refractivity contribution in [2.75, 3.05) is 0 Å². The van der Waals surface area contributed by atoms with Gasteiger partial charge >= 0.3 is 35.5 Å². The van der Waals surface area contributed by atoms with Gasteiger partial charge in [-0.15, -0.1) is 0 Å². The van der Waals surface area contributed by atoms with Gasteiger partial charge in [0, 0.05) is 6.42 Å². The van der Waals surface area contributed by atoms with Crippen molar-refractivity contribution in [3.8, 4) is 0 Å². The average Bonchev–Trinajstić information content (AvgIpc) is 2.60. The third kappa shape index (κ3) is 19.7. The van der Waals surface area contributed by atoms with Crippen molar-refractivity contribution in [2.24, 2.45) is 0 Å². The van der Waals surface area contributed by atoms with Gasteiger partial charge in [-0.1, -0.05) is 97.3 Å². The van der Waals surface area contributed by atoms with E-state index in [-0.39, 0.29) is 42.4 Å². The van der Waals surface area contributed by atoms with Crippen molar-refractivity contribution in [1.29, 1.82) is 0 Å². The first-order valence-corrected chi connectivity index (χ1v) is 12.5. The normalized spacial score (nSPS) is 12.4. The first kappa shape index (κ1) is 30.6. The molecule has 0 spiro atoms. The maximum Gasteiger partial charge on any atom is 1.00 e. The van der Waals surface area contributed by atoms with E-state index >= 15 is 0 Å². The van der Waals surface area contributed by atoms with Gasteiger partial charge < -0.3 is 9.29 Å². The molecule has 0 heterocycles. The van der Waals surface area contributed by atoms with Crippen LogP contribution >= 0.6 is 0 Å². The summed E-state index contributed by atoms with van der Waals surface area (Å²) in [6.07, 6.45) is 17.7. The van der Waals surface area contributed by atoms with Gasteiger partial charge in [0.1, 0.15) is 10.1 Å². The molecule has 0 bridgehead atoms. The summed E-state index contributed by atoms with van der Waals surface area (Å²) in [7, 11) is -4.59. The number of carbonyl (C=O) groups is 1. The van der Waals surface area contributed by atoms with Gasteiger partial charge in [0.05, 0.1) is 0 Å². The monoisotopic (exact) mass is 428 g/mol. The van der Waals surface area contributed by atoms with Crippen LogP contribution in [0.3, 0.4) is 0 Å². The van der Waals surface area contributed by atoms with E-state index in [0.717, 1.165) is 19.3 Å². The van der Waals surface area contributed by atoms with E-state index in [2.05, 4.69) is 6.92 Å². The van der Waals surface area contributed by atoms with Crippen LogP contribution in [0.4, 0.5) is 0 Å². The van der Waals surface area contributed by atoms with Gasteiger partial charge in [-0.05, 0) is 19.3 Å². The van der Waals surface area contributed by atoms with Crippen LogP contribution in [0.1, 0.15) is 123 Å². The smallest absolute Gasteiger partial charge is 0.745 e. The molecule has 0 fully saturated rings. The quantitative estimate of drug-likeness (QED) is 0.137. The summed E-state index contributed by atoms with van der Waals surface area (Å²) in [5.41, 5.74) is -1.52. The fourth-order valence-corrected chi connectivity index (χ4v) is 3.86. The molecule has 0 aromatic carbocycles. The van der Waals surface area contributed by atoms with E-state index in [0.29, 0.717) is 12.8 Å². The molecule has 0 aliphatic heterocycles. The second-order valence-corrected chi connectivity index (χ2v) is 9.06. The number of carbonyl (C=O) groups excluding carboxylic acids is 1. The van der Waals surface area contributed by atoms with Crippen molar-refractivity contribution >= 4 is 16.1 Å². The van der Waals surface area contributed by atoms with Gasteiger partial charge in [0.2, 0.25) is 0 Å². The Morgan fingerprint density at radius 1 is 0.750 bits per heavy atom. The molecular weight excluding hydrogens is 387 g/mol. The zero-order valence-corrected chi connectivity index (χ0v) is 21.4. The summed E-state index contributed by atoms with van der Waals surface area (Å²) < 4.78 is 38.4. The third-order valence-corrected chi connectivity index (χ3v) is 5.81. The van der Waals surface area contributed by atoms with E-state index < -0.39 is 21.5 Å². The SMILES string of the molecule is CCCCCCCCCCCCCCCCC(OC(=O)CCC)S(=O)(=O)[O-].[Na+]. The molecule has 0 aromatic rings. The minimum atomic E-state index is -4.59. The number of unbranched alkanes of at least 4 members (excludes halogenated alkanes) is 13. The molecule has 0 aliphatic carbocycles. The Bertz CT molecular complexity index is 454. The van der Waals surface area contributed by atoms with Crippen LogP contribution in [-0.4, -0.2) is 24.4 Å².